The number of nitrogens with zero attached hydrogens (tertiary/aromatic N) is 2. The van der Waals surface area contributed by atoms with Crippen molar-refractivity contribution < 1.29 is 9.47 Å². The van der Waals surface area contributed by atoms with Gasteiger partial charge in [0.05, 0.1) is 12.8 Å². The fourth-order valence-corrected chi connectivity index (χ4v) is 1.92. The molecule has 8 heteroatoms. The molecular weight excluding hydrogens is 258 g/mol. The van der Waals surface area contributed by atoms with Gasteiger partial charge < -0.3 is 14.8 Å². The number of hydrogen-bond donors (Lipinski definition) is 3. The summed E-state index contributed by atoms with van der Waals surface area (Å²) in [4.78, 5) is 8.03. The van der Waals surface area contributed by atoms with Gasteiger partial charge in [-0.15, -0.1) is 0 Å². The lowest BCUT2D eigenvalue weighted by Crippen LogP contribution is -2.39. The van der Waals surface area contributed by atoms with Crippen LogP contribution in [-0.4, -0.2) is 42.4 Å². The van der Waals surface area contributed by atoms with Crippen molar-refractivity contribution in [3.05, 3.63) is 11.2 Å². The molecule has 1 fully saturated rings. The first kappa shape index (κ1) is 13.3. The van der Waals surface area contributed by atoms with Gasteiger partial charge in [0, 0.05) is 26.7 Å². The number of hydrazine groups is 1. The lowest BCUT2D eigenvalue weighted by molar-refractivity contribution is -0.00625. The van der Waals surface area contributed by atoms with E-state index in [4.69, 9.17) is 26.9 Å². The van der Waals surface area contributed by atoms with Crippen LogP contribution < -0.4 is 16.6 Å². The molecule has 1 saturated heterocycles. The maximum Gasteiger partial charge on any atom is 0.239 e. The quantitative estimate of drug-likeness (QED) is 0.535. The Kier molecular flexibility index (Phi) is 4.18. The molecule has 0 spiro atoms. The number of halogens is 1. The molecule has 1 unspecified atom stereocenters. The number of aromatic nitrogens is 2. The van der Waals surface area contributed by atoms with E-state index in [1.807, 2.05) is 0 Å². The Bertz CT molecular complexity index is 411. The van der Waals surface area contributed by atoms with E-state index in [-0.39, 0.29) is 5.60 Å². The molecule has 1 aliphatic heterocycles. The molecule has 0 radical (unpaired) electrons. The van der Waals surface area contributed by atoms with Crippen LogP contribution >= 0.6 is 11.6 Å². The van der Waals surface area contributed by atoms with Gasteiger partial charge >= 0.3 is 0 Å². The summed E-state index contributed by atoms with van der Waals surface area (Å²) >= 11 is 6.00. The third kappa shape index (κ3) is 2.81. The van der Waals surface area contributed by atoms with Crippen LogP contribution in [0.15, 0.2) is 6.20 Å². The molecule has 18 heavy (non-hydrogen) atoms. The van der Waals surface area contributed by atoms with E-state index in [1.165, 1.54) is 6.20 Å². The molecule has 1 aromatic rings. The van der Waals surface area contributed by atoms with Crippen LogP contribution in [0.5, 0.6) is 0 Å². The van der Waals surface area contributed by atoms with Crippen molar-refractivity contribution in [1.29, 1.82) is 0 Å². The zero-order valence-electron chi connectivity index (χ0n) is 10.1. The third-order valence-electron chi connectivity index (χ3n) is 2.95. The molecule has 1 aromatic heterocycles. The van der Waals surface area contributed by atoms with Crippen LogP contribution in [0.3, 0.4) is 0 Å². The van der Waals surface area contributed by atoms with Crippen molar-refractivity contribution in [3.8, 4) is 0 Å². The molecular formula is C10H16ClN5O2. The van der Waals surface area contributed by atoms with E-state index in [0.29, 0.717) is 36.5 Å². The first-order valence-corrected chi connectivity index (χ1v) is 5.93. The molecule has 4 N–H and O–H groups in total. The number of hydrogen-bond acceptors (Lipinski definition) is 7. The van der Waals surface area contributed by atoms with Gasteiger partial charge in [0.1, 0.15) is 10.6 Å². The number of nitrogen functional groups attached to an aromatic ring is 1. The normalized spacial score (nSPS) is 23.1. The van der Waals surface area contributed by atoms with Crippen molar-refractivity contribution in [2.75, 3.05) is 37.6 Å². The first-order chi connectivity index (χ1) is 8.69. The summed E-state index contributed by atoms with van der Waals surface area (Å²) in [7, 11) is 1.67. The van der Waals surface area contributed by atoms with E-state index in [9.17, 15) is 0 Å². The van der Waals surface area contributed by atoms with E-state index in [0.717, 1.165) is 6.42 Å². The van der Waals surface area contributed by atoms with Crippen molar-refractivity contribution in [1.82, 2.24) is 9.97 Å². The van der Waals surface area contributed by atoms with Gasteiger partial charge in [0.25, 0.3) is 0 Å². The summed E-state index contributed by atoms with van der Waals surface area (Å²) in [6, 6.07) is 0. The van der Waals surface area contributed by atoms with Gasteiger partial charge in [0.15, 0.2) is 5.82 Å². The highest BCUT2D eigenvalue weighted by atomic mass is 35.5. The van der Waals surface area contributed by atoms with Gasteiger partial charge in [-0.25, -0.2) is 10.8 Å². The topological polar surface area (TPSA) is 94.3 Å². The standard InChI is InChI=1S/C10H16ClN5O2/c1-17-10(2-3-18-6-10)5-14-8-7(11)4-13-9(15-8)16-12/h4H,2-3,5-6,12H2,1H3,(H2,13,14,15,16). The summed E-state index contributed by atoms with van der Waals surface area (Å²) in [5.41, 5.74) is 2.04. The minimum absolute atomic E-state index is 0.302. The highest BCUT2D eigenvalue weighted by molar-refractivity contribution is 6.32. The minimum atomic E-state index is -0.329. The predicted octanol–water partition coefficient (Wildman–Crippen LogP) is 0.633. The molecule has 100 valence electrons. The van der Waals surface area contributed by atoms with Gasteiger partial charge in [0.2, 0.25) is 5.95 Å². The molecule has 0 aliphatic carbocycles. The lowest BCUT2D eigenvalue weighted by atomic mass is 10.0. The Morgan fingerprint density at radius 3 is 3.11 bits per heavy atom. The number of rotatable bonds is 5. The summed E-state index contributed by atoms with van der Waals surface area (Å²) in [6.45, 7) is 1.81. The summed E-state index contributed by atoms with van der Waals surface area (Å²) < 4.78 is 10.9. The number of nitrogens with one attached hydrogen (secondary N) is 2. The fraction of sp³-hybridized carbons (Fsp3) is 0.600. The molecule has 2 rings (SSSR count). The monoisotopic (exact) mass is 273 g/mol. The van der Waals surface area contributed by atoms with Crippen molar-refractivity contribution in [3.63, 3.8) is 0 Å². The first-order valence-electron chi connectivity index (χ1n) is 5.55. The van der Waals surface area contributed by atoms with Gasteiger partial charge in [-0.3, -0.25) is 5.43 Å². The SMILES string of the molecule is COC1(CNc2nc(NN)ncc2Cl)CCOC1. The molecule has 1 aliphatic rings. The highest BCUT2D eigenvalue weighted by Gasteiger charge is 2.34. The van der Waals surface area contributed by atoms with Gasteiger partial charge in [-0.1, -0.05) is 11.6 Å². The number of nitrogens with two attached hydrogens (primary N) is 1. The summed E-state index contributed by atoms with van der Waals surface area (Å²) in [6.07, 6.45) is 2.32. The molecule has 0 bridgehead atoms. The zero-order chi connectivity index (χ0) is 13.0. The third-order valence-corrected chi connectivity index (χ3v) is 3.23. The second-order valence-electron chi connectivity index (χ2n) is 4.08. The van der Waals surface area contributed by atoms with Crippen LogP contribution in [0.25, 0.3) is 0 Å². The summed E-state index contributed by atoms with van der Waals surface area (Å²) in [5.74, 6) is 6.07. The molecule has 0 amide bonds. The van der Waals surface area contributed by atoms with Gasteiger partial charge in [-0.2, -0.15) is 4.98 Å². The van der Waals surface area contributed by atoms with E-state index >= 15 is 0 Å². The van der Waals surface area contributed by atoms with E-state index in [1.54, 1.807) is 7.11 Å². The maximum absolute atomic E-state index is 6.00. The van der Waals surface area contributed by atoms with Crippen LogP contribution in [0.1, 0.15) is 6.42 Å². The average Bonchev–Trinajstić information content (AvgIpc) is 2.87. The second-order valence-corrected chi connectivity index (χ2v) is 4.48. The van der Waals surface area contributed by atoms with Crippen LogP contribution in [0.4, 0.5) is 11.8 Å². The number of methoxy groups -OCH3 is 1. The summed E-state index contributed by atoms with van der Waals surface area (Å²) in [5, 5.41) is 3.57. The smallest absolute Gasteiger partial charge is 0.239 e. The lowest BCUT2D eigenvalue weighted by Gasteiger charge is -2.26. The van der Waals surface area contributed by atoms with E-state index < -0.39 is 0 Å². The van der Waals surface area contributed by atoms with Crippen LogP contribution in [-0.2, 0) is 9.47 Å². The highest BCUT2D eigenvalue weighted by Crippen LogP contribution is 2.25. The number of anilines is 2. The van der Waals surface area contributed by atoms with Crippen molar-refractivity contribution in [2.45, 2.75) is 12.0 Å². The van der Waals surface area contributed by atoms with Gasteiger partial charge in [-0.05, 0) is 0 Å². The molecule has 7 nitrogen and oxygen atoms in total. The molecule has 2 heterocycles. The Hall–Kier alpha value is -1.15. The van der Waals surface area contributed by atoms with Crippen LogP contribution in [0.2, 0.25) is 5.02 Å². The average molecular weight is 274 g/mol. The minimum Gasteiger partial charge on any atom is -0.378 e. The fourth-order valence-electron chi connectivity index (χ4n) is 1.77. The Morgan fingerprint density at radius 1 is 1.67 bits per heavy atom. The molecule has 1 atom stereocenters. The van der Waals surface area contributed by atoms with Crippen LogP contribution in [0, 0.1) is 0 Å². The van der Waals surface area contributed by atoms with Crippen molar-refractivity contribution >= 4 is 23.4 Å². The Morgan fingerprint density at radius 2 is 2.50 bits per heavy atom. The molecule has 0 saturated carbocycles. The van der Waals surface area contributed by atoms with E-state index in [2.05, 4.69) is 20.7 Å². The zero-order valence-corrected chi connectivity index (χ0v) is 10.8. The Balaban J connectivity index is 2.05. The Labute approximate surface area is 110 Å². The largest absolute Gasteiger partial charge is 0.378 e. The number of ether oxygens (including phenoxy) is 2. The molecule has 0 aromatic carbocycles. The predicted molar refractivity (Wildman–Crippen MR) is 68.5 cm³/mol. The maximum atomic E-state index is 6.00. The second kappa shape index (κ2) is 5.66. The van der Waals surface area contributed by atoms with Crippen molar-refractivity contribution in [2.24, 2.45) is 5.84 Å².